The van der Waals surface area contributed by atoms with Gasteiger partial charge in [-0.05, 0) is 35.9 Å². The van der Waals surface area contributed by atoms with E-state index in [0.29, 0.717) is 12.1 Å². The first-order chi connectivity index (χ1) is 10.2. The first-order valence-corrected chi connectivity index (χ1v) is 6.59. The van der Waals surface area contributed by atoms with Crippen molar-refractivity contribution in [3.8, 4) is 0 Å². The van der Waals surface area contributed by atoms with Crippen molar-refractivity contribution in [2.75, 3.05) is 7.05 Å². The molecular formula is C16H17N3O2. The molecule has 0 bridgehead atoms. The average Bonchev–Trinajstić information content (AvgIpc) is 3.04. The summed E-state index contributed by atoms with van der Waals surface area (Å²) < 4.78 is 0. The highest BCUT2D eigenvalue weighted by Crippen LogP contribution is 2.06. The molecule has 0 saturated carbocycles. The van der Waals surface area contributed by atoms with Crippen molar-refractivity contribution in [1.29, 1.82) is 0 Å². The van der Waals surface area contributed by atoms with E-state index in [1.165, 1.54) is 6.08 Å². The summed E-state index contributed by atoms with van der Waals surface area (Å²) in [6.45, 7) is 0.464. The summed E-state index contributed by atoms with van der Waals surface area (Å²) in [7, 11) is 1.59. The summed E-state index contributed by atoms with van der Waals surface area (Å²) in [4.78, 5) is 26.1. The second-order valence-corrected chi connectivity index (χ2v) is 4.45. The minimum Gasteiger partial charge on any atom is -0.364 e. The Hall–Kier alpha value is -2.82. The predicted octanol–water partition coefficient (Wildman–Crippen LogP) is 1.70. The Bertz CT molecular complexity index is 628. The molecule has 0 spiro atoms. The third-order valence-corrected chi connectivity index (χ3v) is 2.94. The van der Waals surface area contributed by atoms with E-state index in [9.17, 15) is 9.59 Å². The summed E-state index contributed by atoms with van der Waals surface area (Å²) in [6, 6.07) is 10.8. The number of rotatable bonds is 5. The molecule has 21 heavy (non-hydrogen) atoms. The molecule has 0 saturated heterocycles. The van der Waals surface area contributed by atoms with Crippen LogP contribution in [0.4, 0.5) is 0 Å². The lowest BCUT2D eigenvalue weighted by Gasteiger charge is -2.01. The van der Waals surface area contributed by atoms with E-state index in [1.54, 1.807) is 37.4 Å². The Morgan fingerprint density at radius 2 is 1.95 bits per heavy atom. The number of benzene rings is 1. The van der Waals surface area contributed by atoms with Crippen molar-refractivity contribution in [3.05, 3.63) is 65.5 Å². The summed E-state index contributed by atoms with van der Waals surface area (Å²) in [5, 5.41) is 5.33. The second-order valence-electron chi connectivity index (χ2n) is 4.45. The zero-order valence-corrected chi connectivity index (χ0v) is 11.7. The van der Waals surface area contributed by atoms with Crippen molar-refractivity contribution < 1.29 is 9.59 Å². The minimum absolute atomic E-state index is 0.130. The van der Waals surface area contributed by atoms with Crippen LogP contribution >= 0.6 is 0 Å². The molecule has 1 aromatic carbocycles. The van der Waals surface area contributed by atoms with E-state index in [0.717, 1.165) is 11.3 Å². The molecular weight excluding hydrogens is 266 g/mol. The van der Waals surface area contributed by atoms with Crippen LogP contribution in [0.1, 0.15) is 21.6 Å². The van der Waals surface area contributed by atoms with E-state index in [1.807, 2.05) is 18.3 Å². The lowest BCUT2D eigenvalue weighted by molar-refractivity contribution is -0.116. The summed E-state index contributed by atoms with van der Waals surface area (Å²) >= 11 is 0. The molecule has 3 N–H and O–H groups in total. The normalized spacial score (nSPS) is 10.5. The Morgan fingerprint density at radius 1 is 1.19 bits per heavy atom. The number of carbonyl (C=O) groups is 2. The van der Waals surface area contributed by atoms with Crippen LogP contribution in [0.5, 0.6) is 0 Å². The average molecular weight is 283 g/mol. The topological polar surface area (TPSA) is 74.0 Å². The van der Waals surface area contributed by atoms with E-state index < -0.39 is 0 Å². The highest BCUT2D eigenvalue weighted by Gasteiger charge is 2.01. The number of carbonyl (C=O) groups excluding carboxylic acids is 2. The fourth-order valence-electron chi connectivity index (χ4n) is 1.78. The molecule has 0 aliphatic rings. The van der Waals surface area contributed by atoms with Gasteiger partial charge in [-0.25, -0.2) is 0 Å². The van der Waals surface area contributed by atoms with E-state index in [2.05, 4.69) is 15.6 Å². The van der Waals surface area contributed by atoms with Gasteiger partial charge in [-0.3, -0.25) is 9.59 Å². The maximum absolute atomic E-state index is 11.7. The van der Waals surface area contributed by atoms with E-state index in [-0.39, 0.29) is 11.8 Å². The molecule has 5 heteroatoms. The van der Waals surface area contributed by atoms with Crippen LogP contribution in [0.2, 0.25) is 0 Å². The molecule has 0 unspecified atom stereocenters. The predicted molar refractivity (Wildman–Crippen MR) is 81.5 cm³/mol. The maximum Gasteiger partial charge on any atom is 0.251 e. The number of hydrogen-bond acceptors (Lipinski definition) is 2. The Morgan fingerprint density at radius 3 is 2.57 bits per heavy atom. The van der Waals surface area contributed by atoms with Gasteiger partial charge in [0.15, 0.2) is 0 Å². The third kappa shape index (κ3) is 4.35. The molecule has 0 fully saturated rings. The number of aromatic nitrogens is 1. The number of amides is 2. The quantitative estimate of drug-likeness (QED) is 0.731. The lowest BCUT2D eigenvalue weighted by Crippen LogP contribution is -2.20. The fourth-order valence-corrected chi connectivity index (χ4v) is 1.78. The molecule has 2 rings (SSSR count). The van der Waals surface area contributed by atoms with Gasteiger partial charge in [-0.15, -0.1) is 0 Å². The maximum atomic E-state index is 11.7. The number of nitrogens with one attached hydrogen (secondary N) is 3. The van der Waals surface area contributed by atoms with Crippen LogP contribution in [0.3, 0.4) is 0 Å². The van der Waals surface area contributed by atoms with Gasteiger partial charge < -0.3 is 15.6 Å². The van der Waals surface area contributed by atoms with Crippen molar-refractivity contribution in [2.45, 2.75) is 6.54 Å². The molecule has 1 heterocycles. The first kappa shape index (κ1) is 14.6. The van der Waals surface area contributed by atoms with Gasteiger partial charge in [-0.1, -0.05) is 12.1 Å². The zero-order valence-electron chi connectivity index (χ0n) is 11.7. The largest absolute Gasteiger partial charge is 0.364 e. The lowest BCUT2D eigenvalue weighted by atomic mass is 10.1. The summed E-state index contributed by atoms with van der Waals surface area (Å²) in [5.41, 5.74) is 2.40. The SMILES string of the molecule is CNC(=O)c1ccc(C=CC(=O)NCc2ccc[nH]2)cc1. The van der Waals surface area contributed by atoms with Gasteiger partial charge in [0.1, 0.15) is 0 Å². The highest BCUT2D eigenvalue weighted by atomic mass is 16.2. The number of hydrogen-bond donors (Lipinski definition) is 3. The van der Waals surface area contributed by atoms with Crippen molar-refractivity contribution in [3.63, 3.8) is 0 Å². The summed E-state index contributed by atoms with van der Waals surface area (Å²) in [6.07, 6.45) is 4.99. The fraction of sp³-hybridized carbons (Fsp3) is 0.125. The molecule has 0 aliphatic heterocycles. The molecule has 0 radical (unpaired) electrons. The van der Waals surface area contributed by atoms with Crippen LogP contribution in [-0.2, 0) is 11.3 Å². The van der Waals surface area contributed by atoms with Gasteiger partial charge in [0.2, 0.25) is 5.91 Å². The molecule has 1 aromatic heterocycles. The summed E-state index contributed by atoms with van der Waals surface area (Å²) in [5.74, 6) is -0.297. The van der Waals surface area contributed by atoms with Crippen molar-refractivity contribution in [1.82, 2.24) is 15.6 Å². The zero-order chi connectivity index (χ0) is 15.1. The molecule has 5 nitrogen and oxygen atoms in total. The van der Waals surface area contributed by atoms with Crippen LogP contribution in [0.15, 0.2) is 48.7 Å². The molecule has 2 aromatic rings. The smallest absolute Gasteiger partial charge is 0.251 e. The van der Waals surface area contributed by atoms with E-state index >= 15 is 0 Å². The molecule has 2 amide bonds. The standard InChI is InChI=1S/C16H17N3O2/c1-17-16(21)13-7-4-12(5-8-13)6-9-15(20)19-11-14-3-2-10-18-14/h2-10,18H,11H2,1H3,(H,17,21)(H,19,20). The van der Waals surface area contributed by atoms with Gasteiger partial charge in [-0.2, -0.15) is 0 Å². The monoisotopic (exact) mass is 283 g/mol. The number of H-pyrrole nitrogens is 1. The van der Waals surface area contributed by atoms with E-state index in [4.69, 9.17) is 0 Å². The van der Waals surface area contributed by atoms with Gasteiger partial charge >= 0.3 is 0 Å². The highest BCUT2D eigenvalue weighted by molar-refractivity contribution is 5.94. The van der Waals surface area contributed by atoms with Crippen LogP contribution < -0.4 is 10.6 Å². The first-order valence-electron chi connectivity index (χ1n) is 6.59. The Labute approximate surface area is 123 Å². The van der Waals surface area contributed by atoms with Crippen LogP contribution in [0, 0.1) is 0 Å². The molecule has 0 atom stereocenters. The Balaban J connectivity index is 1.88. The molecule has 108 valence electrons. The van der Waals surface area contributed by atoms with Gasteiger partial charge in [0.05, 0.1) is 6.54 Å². The second kappa shape index (κ2) is 7.09. The van der Waals surface area contributed by atoms with Crippen molar-refractivity contribution >= 4 is 17.9 Å². The van der Waals surface area contributed by atoms with Crippen LogP contribution in [-0.4, -0.2) is 23.8 Å². The number of aromatic amines is 1. The van der Waals surface area contributed by atoms with Crippen LogP contribution in [0.25, 0.3) is 6.08 Å². The Kier molecular flexibility index (Phi) is 4.93. The minimum atomic E-state index is -0.167. The van der Waals surface area contributed by atoms with Gasteiger partial charge in [0.25, 0.3) is 5.91 Å². The van der Waals surface area contributed by atoms with Gasteiger partial charge in [0, 0.05) is 30.6 Å². The molecule has 0 aliphatic carbocycles. The third-order valence-electron chi connectivity index (χ3n) is 2.94. The van der Waals surface area contributed by atoms with Crippen molar-refractivity contribution in [2.24, 2.45) is 0 Å².